The maximum absolute atomic E-state index is 12.0. The van der Waals surface area contributed by atoms with Gasteiger partial charge in [0, 0.05) is 19.1 Å². The van der Waals surface area contributed by atoms with Crippen molar-refractivity contribution < 1.29 is 9.53 Å². The van der Waals surface area contributed by atoms with Crippen LogP contribution >= 0.6 is 0 Å². The molecule has 0 spiro atoms. The van der Waals surface area contributed by atoms with Gasteiger partial charge in [-0.15, -0.1) is 0 Å². The Morgan fingerprint density at radius 3 is 2.38 bits per heavy atom. The number of hydrogen-bond donors (Lipinski definition) is 1. The van der Waals surface area contributed by atoms with Gasteiger partial charge in [0.25, 0.3) is 0 Å². The average molecular weight is 296 g/mol. The van der Waals surface area contributed by atoms with E-state index in [9.17, 15) is 4.79 Å². The largest absolute Gasteiger partial charge is 0.444 e. The zero-order valence-corrected chi connectivity index (χ0v) is 14.4. The summed E-state index contributed by atoms with van der Waals surface area (Å²) in [7, 11) is 0. The van der Waals surface area contributed by atoms with E-state index in [1.807, 2.05) is 25.7 Å². The van der Waals surface area contributed by atoms with Crippen molar-refractivity contribution in [2.45, 2.75) is 71.9 Å². The fourth-order valence-electron chi connectivity index (χ4n) is 2.87. The van der Waals surface area contributed by atoms with Gasteiger partial charge in [-0.3, -0.25) is 0 Å². The predicted octanol–water partition coefficient (Wildman–Crippen LogP) is 3.41. The third-order valence-corrected chi connectivity index (χ3v) is 5.06. The highest BCUT2D eigenvalue weighted by molar-refractivity contribution is 5.68. The van der Waals surface area contributed by atoms with Crippen molar-refractivity contribution in [3.63, 3.8) is 0 Å². The number of piperidine rings is 1. The first-order chi connectivity index (χ1) is 9.70. The molecule has 1 unspecified atom stereocenters. The van der Waals surface area contributed by atoms with Gasteiger partial charge < -0.3 is 15.0 Å². The number of rotatable bonds is 4. The normalized spacial score (nSPS) is 23.8. The van der Waals surface area contributed by atoms with Crippen molar-refractivity contribution in [1.29, 1.82) is 0 Å². The molecule has 0 aromatic rings. The lowest BCUT2D eigenvalue weighted by molar-refractivity contribution is 0.0183. The maximum Gasteiger partial charge on any atom is 0.410 e. The number of likely N-dealkylation sites (tertiary alicyclic amines) is 1. The summed E-state index contributed by atoms with van der Waals surface area (Å²) in [5, 5.41) is 3.70. The lowest BCUT2D eigenvalue weighted by Crippen LogP contribution is -2.44. The van der Waals surface area contributed by atoms with Crippen LogP contribution in [-0.4, -0.2) is 42.3 Å². The smallest absolute Gasteiger partial charge is 0.410 e. The summed E-state index contributed by atoms with van der Waals surface area (Å²) in [6, 6.07) is 0.612. The van der Waals surface area contributed by atoms with Crippen LogP contribution in [0.25, 0.3) is 0 Å². The molecule has 0 aromatic carbocycles. The Morgan fingerprint density at radius 1 is 1.33 bits per heavy atom. The zero-order valence-electron chi connectivity index (χ0n) is 14.4. The van der Waals surface area contributed by atoms with Gasteiger partial charge in [-0.05, 0) is 71.3 Å². The minimum absolute atomic E-state index is 0.159. The number of nitrogens with zero attached hydrogens (tertiary/aromatic N) is 1. The Hall–Kier alpha value is -0.770. The molecule has 21 heavy (non-hydrogen) atoms. The summed E-state index contributed by atoms with van der Waals surface area (Å²) in [6.07, 6.45) is 4.72. The molecule has 4 nitrogen and oxygen atoms in total. The fraction of sp³-hybridized carbons (Fsp3) is 0.941. The van der Waals surface area contributed by atoms with Crippen LogP contribution in [-0.2, 0) is 4.74 Å². The second kappa shape index (κ2) is 6.15. The van der Waals surface area contributed by atoms with Crippen molar-refractivity contribution in [1.82, 2.24) is 10.2 Å². The second-order valence-electron chi connectivity index (χ2n) is 8.19. The molecule has 0 radical (unpaired) electrons. The van der Waals surface area contributed by atoms with E-state index in [1.54, 1.807) is 0 Å². The van der Waals surface area contributed by atoms with Gasteiger partial charge in [-0.2, -0.15) is 0 Å². The maximum atomic E-state index is 12.0. The molecule has 1 aliphatic carbocycles. The summed E-state index contributed by atoms with van der Waals surface area (Å²) in [5.74, 6) is 0.688. The molecule has 2 fully saturated rings. The van der Waals surface area contributed by atoms with Gasteiger partial charge in [0.2, 0.25) is 0 Å². The van der Waals surface area contributed by atoms with Crippen LogP contribution in [0.3, 0.4) is 0 Å². The van der Waals surface area contributed by atoms with Crippen molar-refractivity contribution in [3.8, 4) is 0 Å². The predicted molar refractivity (Wildman–Crippen MR) is 85.3 cm³/mol. The van der Waals surface area contributed by atoms with Gasteiger partial charge in [0.1, 0.15) is 5.60 Å². The molecule has 1 saturated carbocycles. The van der Waals surface area contributed by atoms with E-state index in [-0.39, 0.29) is 6.09 Å². The standard InChI is InChI=1S/C17H32N2O2/c1-13(17(5)8-9-17)18-12-14-6-10-19(11-7-14)15(20)21-16(2,3)4/h13-14,18H,6-12H2,1-5H3. The first-order valence-electron chi connectivity index (χ1n) is 8.41. The molecule has 2 rings (SSSR count). The second-order valence-corrected chi connectivity index (χ2v) is 8.19. The molecule has 122 valence electrons. The van der Waals surface area contributed by atoms with Crippen LogP contribution in [0.15, 0.2) is 0 Å². The van der Waals surface area contributed by atoms with Gasteiger partial charge in [-0.25, -0.2) is 4.79 Å². The highest BCUT2D eigenvalue weighted by Gasteiger charge is 2.42. The van der Waals surface area contributed by atoms with E-state index in [0.717, 1.165) is 32.5 Å². The van der Waals surface area contributed by atoms with E-state index in [4.69, 9.17) is 4.74 Å². The lowest BCUT2D eigenvalue weighted by Gasteiger charge is -2.34. The summed E-state index contributed by atoms with van der Waals surface area (Å²) in [5.41, 5.74) is 0.141. The molecule has 1 atom stereocenters. The number of ether oxygens (including phenoxy) is 1. The molecule has 1 saturated heterocycles. The van der Waals surface area contributed by atoms with Gasteiger partial charge in [-0.1, -0.05) is 6.92 Å². The van der Waals surface area contributed by atoms with Gasteiger partial charge in [0.15, 0.2) is 0 Å². The van der Waals surface area contributed by atoms with E-state index < -0.39 is 5.60 Å². The van der Waals surface area contributed by atoms with Crippen LogP contribution < -0.4 is 5.32 Å². The summed E-state index contributed by atoms with van der Waals surface area (Å²) in [4.78, 5) is 13.9. The Kier molecular flexibility index (Phi) is 4.86. The number of hydrogen-bond acceptors (Lipinski definition) is 3. The van der Waals surface area contributed by atoms with Crippen molar-refractivity contribution >= 4 is 6.09 Å². The van der Waals surface area contributed by atoms with Crippen molar-refractivity contribution in [2.75, 3.05) is 19.6 Å². The van der Waals surface area contributed by atoms with E-state index >= 15 is 0 Å². The van der Waals surface area contributed by atoms with Gasteiger partial charge in [0.05, 0.1) is 0 Å². The SMILES string of the molecule is CC(NCC1CCN(C(=O)OC(C)(C)C)CC1)C1(C)CC1. The van der Waals surface area contributed by atoms with Crippen LogP contribution in [0, 0.1) is 11.3 Å². The van der Waals surface area contributed by atoms with Crippen molar-refractivity contribution in [3.05, 3.63) is 0 Å². The van der Waals surface area contributed by atoms with Crippen molar-refractivity contribution in [2.24, 2.45) is 11.3 Å². The minimum Gasteiger partial charge on any atom is -0.444 e. The Morgan fingerprint density at radius 2 is 1.90 bits per heavy atom. The zero-order chi connectivity index (χ0) is 15.7. The van der Waals surface area contributed by atoms with E-state index in [0.29, 0.717) is 17.4 Å². The molecule has 1 N–H and O–H groups in total. The summed E-state index contributed by atoms with van der Waals surface area (Å²) in [6.45, 7) is 13.2. The monoisotopic (exact) mass is 296 g/mol. The molecule has 1 amide bonds. The summed E-state index contributed by atoms with van der Waals surface area (Å²) >= 11 is 0. The number of nitrogens with one attached hydrogen (secondary N) is 1. The first kappa shape index (κ1) is 16.6. The first-order valence-corrected chi connectivity index (χ1v) is 8.41. The molecule has 4 heteroatoms. The molecule has 1 aliphatic heterocycles. The van der Waals surface area contributed by atoms with Crippen LogP contribution in [0.2, 0.25) is 0 Å². The number of amides is 1. The lowest BCUT2D eigenvalue weighted by atomic mass is 9.95. The third-order valence-electron chi connectivity index (χ3n) is 5.06. The highest BCUT2D eigenvalue weighted by atomic mass is 16.6. The van der Waals surface area contributed by atoms with Crippen LogP contribution in [0.1, 0.15) is 60.3 Å². The number of carbonyl (C=O) groups is 1. The molecule has 0 bridgehead atoms. The number of carbonyl (C=O) groups excluding carboxylic acids is 1. The quantitative estimate of drug-likeness (QED) is 0.864. The molecular formula is C17H32N2O2. The highest BCUT2D eigenvalue weighted by Crippen LogP contribution is 2.47. The van der Waals surface area contributed by atoms with Crippen LogP contribution in [0.4, 0.5) is 4.79 Å². The van der Waals surface area contributed by atoms with E-state index in [2.05, 4.69) is 19.2 Å². The Labute approximate surface area is 129 Å². The third kappa shape index (κ3) is 4.87. The molecule has 1 heterocycles. The average Bonchev–Trinajstić information content (AvgIpc) is 3.14. The van der Waals surface area contributed by atoms with Gasteiger partial charge >= 0.3 is 6.09 Å². The van der Waals surface area contributed by atoms with E-state index in [1.165, 1.54) is 12.8 Å². The topological polar surface area (TPSA) is 41.6 Å². The molecule has 0 aromatic heterocycles. The minimum atomic E-state index is -0.398. The Balaban J connectivity index is 1.67. The molecule has 2 aliphatic rings. The Bertz CT molecular complexity index is 363. The fourth-order valence-corrected chi connectivity index (χ4v) is 2.87. The summed E-state index contributed by atoms with van der Waals surface area (Å²) < 4.78 is 5.43. The molecular weight excluding hydrogens is 264 g/mol. The van der Waals surface area contributed by atoms with Crippen LogP contribution in [0.5, 0.6) is 0 Å².